The van der Waals surface area contributed by atoms with Gasteiger partial charge in [0.1, 0.15) is 17.3 Å². The second-order valence-corrected chi connectivity index (χ2v) is 6.69. The van der Waals surface area contributed by atoms with Crippen LogP contribution >= 0.6 is 0 Å². The van der Waals surface area contributed by atoms with Gasteiger partial charge in [0.15, 0.2) is 0 Å². The SMILES string of the molecule is COc1ccc(C(C)(C)C2CCC(C)CC2=O)c(OC)c1. The highest BCUT2D eigenvalue weighted by atomic mass is 16.5. The Bertz CT molecular complexity index is 519. The fourth-order valence-electron chi connectivity index (χ4n) is 3.48. The van der Waals surface area contributed by atoms with Crippen molar-refractivity contribution in [3.8, 4) is 11.5 Å². The molecule has 1 aliphatic carbocycles. The maximum absolute atomic E-state index is 12.5. The van der Waals surface area contributed by atoms with Crippen LogP contribution in [0.1, 0.15) is 45.6 Å². The molecule has 21 heavy (non-hydrogen) atoms. The monoisotopic (exact) mass is 290 g/mol. The highest BCUT2D eigenvalue weighted by molar-refractivity contribution is 5.83. The summed E-state index contributed by atoms with van der Waals surface area (Å²) in [7, 11) is 3.31. The van der Waals surface area contributed by atoms with Crippen molar-refractivity contribution in [3.63, 3.8) is 0 Å². The zero-order valence-electron chi connectivity index (χ0n) is 13.7. The van der Waals surface area contributed by atoms with Gasteiger partial charge in [-0.05, 0) is 24.8 Å². The van der Waals surface area contributed by atoms with E-state index in [1.54, 1.807) is 14.2 Å². The molecule has 3 heteroatoms. The summed E-state index contributed by atoms with van der Waals surface area (Å²) in [6.45, 7) is 6.46. The van der Waals surface area contributed by atoms with E-state index in [1.807, 2.05) is 18.2 Å². The Morgan fingerprint density at radius 1 is 1.14 bits per heavy atom. The van der Waals surface area contributed by atoms with Crippen LogP contribution in [0.2, 0.25) is 0 Å². The van der Waals surface area contributed by atoms with Gasteiger partial charge in [-0.15, -0.1) is 0 Å². The van der Waals surface area contributed by atoms with Gasteiger partial charge >= 0.3 is 0 Å². The smallest absolute Gasteiger partial charge is 0.137 e. The highest BCUT2D eigenvalue weighted by Crippen LogP contribution is 2.44. The summed E-state index contributed by atoms with van der Waals surface area (Å²) >= 11 is 0. The Balaban J connectivity index is 2.36. The lowest BCUT2D eigenvalue weighted by Crippen LogP contribution is -2.38. The molecular formula is C18H26O3. The number of hydrogen-bond acceptors (Lipinski definition) is 3. The molecule has 2 unspecified atom stereocenters. The average molecular weight is 290 g/mol. The maximum Gasteiger partial charge on any atom is 0.137 e. The third kappa shape index (κ3) is 3.07. The number of carbonyl (C=O) groups excluding carboxylic acids is 1. The first-order valence-corrected chi connectivity index (χ1v) is 7.65. The van der Waals surface area contributed by atoms with Gasteiger partial charge in [-0.2, -0.15) is 0 Å². The number of Topliss-reactive ketones (excluding diaryl/α,β-unsaturated/α-hetero) is 1. The molecule has 0 amide bonds. The molecule has 3 nitrogen and oxygen atoms in total. The lowest BCUT2D eigenvalue weighted by atomic mass is 9.65. The molecule has 1 aromatic carbocycles. The number of benzene rings is 1. The van der Waals surface area contributed by atoms with Gasteiger partial charge in [0.05, 0.1) is 14.2 Å². The summed E-state index contributed by atoms with van der Waals surface area (Å²) in [5.41, 5.74) is 0.855. The van der Waals surface area contributed by atoms with E-state index in [0.717, 1.165) is 29.9 Å². The summed E-state index contributed by atoms with van der Waals surface area (Å²) in [6.07, 6.45) is 2.78. The van der Waals surface area contributed by atoms with Crippen LogP contribution in [-0.2, 0) is 10.2 Å². The Morgan fingerprint density at radius 2 is 1.86 bits per heavy atom. The number of hydrogen-bond donors (Lipinski definition) is 0. The van der Waals surface area contributed by atoms with E-state index >= 15 is 0 Å². The van der Waals surface area contributed by atoms with Crippen molar-refractivity contribution in [1.29, 1.82) is 0 Å². The fraction of sp³-hybridized carbons (Fsp3) is 0.611. The molecule has 2 rings (SSSR count). The molecule has 0 aliphatic heterocycles. The first-order valence-electron chi connectivity index (χ1n) is 7.65. The van der Waals surface area contributed by atoms with E-state index in [2.05, 4.69) is 20.8 Å². The van der Waals surface area contributed by atoms with Crippen molar-refractivity contribution < 1.29 is 14.3 Å². The second-order valence-electron chi connectivity index (χ2n) is 6.69. The number of methoxy groups -OCH3 is 2. The minimum Gasteiger partial charge on any atom is -0.497 e. The van der Waals surface area contributed by atoms with E-state index in [9.17, 15) is 4.79 Å². The molecule has 0 saturated heterocycles. The zero-order chi connectivity index (χ0) is 15.6. The van der Waals surface area contributed by atoms with Crippen LogP contribution in [0.3, 0.4) is 0 Å². The normalized spacial score (nSPS) is 23.0. The predicted molar refractivity (Wildman–Crippen MR) is 84.1 cm³/mol. The van der Waals surface area contributed by atoms with Gasteiger partial charge in [0.2, 0.25) is 0 Å². The molecule has 0 N–H and O–H groups in total. The van der Waals surface area contributed by atoms with E-state index in [0.29, 0.717) is 18.1 Å². The van der Waals surface area contributed by atoms with E-state index in [-0.39, 0.29) is 11.3 Å². The van der Waals surface area contributed by atoms with Crippen molar-refractivity contribution in [2.75, 3.05) is 14.2 Å². The highest BCUT2D eigenvalue weighted by Gasteiger charge is 2.40. The molecule has 0 bridgehead atoms. The Labute approximate surface area is 127 Å². The van der Waals surface area contributed by atoms with Crippen LogP contribution in [0.4, 0.5) is 0 Å². The van der Waals surface area contributed by atoms with Crippen LogP contribution in [0.5, 0.6) is 11.5 Å². The summed E-state index contributed by atoms with van der Waals surface area (Å²) in [6, 6.07) is 5.87. The van der Waals surface area contributed by atoms with Gasteiger partial charge in [0, 0.05) is 29.4 Å². The minimum atomic E-state index is -0.227. The van der Waals surface area contributed by atoms with Crippen LogP contribution in [0.25, 0.3) is 0 Å². The Hall–Kier alpha value is -1.51. The van der Waals surface area contributed by atoms with Gasteiger partial charge in [-0.25, -0.2) is 0 Å². The standard InChI is InChI=1S/C18H26O3/c1-12-6-8-14(16(19)10-12)18(2,3)15-9-7-13(20-4)11-17(15)21-5/h7,9,11-12,14H,6,8,10H2,1-5H3. The van der Waals surface area contributed by atoms with E-state index in [1.165, 1.54) is 0 Å². The van der Waals surface area contributed by atoms with Crippen molar-refractivity contribution in [2.24, 2.45) is 11.8 Å². The number of carbonyl (C=O) groups is 1. The molecule has 0 radical (unpaired) electrons. The predicted octanol–water partition coefficient (Wildman–Crippen LogP) is 3.99. The molecule has 0 spiro atoms. The average Bonchev–Trinajstić information content (AvgIpc) is 2.46. The van der Waals surface area contributed by atoms with Gasteiger partial charge in [-0.1, -0.05) is 26.8 Å². The molecule has 0 aromatic heterocycles. The topological polar surface area (TPSA) is 35.5 Å². The molecule has 1 aliphatic rings. The van der Waals surface area contributed by atoms with Crippen LogP contribution in [-0.4, -0.2) is 20.0 Å². The van der Waals surface area contributed by atoms with Gasteiger partial charge < -0.3 is 9.47 Å². The lowest BCUT2D eigenvalue weighted by molar-refractivity contribution is -0.128. The molecule has 0 heterocycles. The molecule has 1 aromatic rings. The summed E-state index contributed by atoms with van der Waals surface area (Å²) in [5.74, 6) is 2.54. The summed E-state index contributed by atoms with van der Waals surface area (Å²) in [4.78, 5) is 12.5. The van der Waals surface area contributed by atoms with Crippen LogP contribution in [0.15, 0.2) is 18.2 Å². The van der Waals surface area contributed by atoms with Crippen LogP contribution < -0.4 is 9.47 Å². The third-order valence-corrected chi connectivity index (χ3v) is 4.86. The molecule has 116 valence electrons. The van der Waals surface area contributed by atoms with Crippen LogP contribution in [0, 0.1) is 11.8 Å². The van der Waals surface area contributed by atoms with Crippen molar-refractivity contribution in [1.82, 2.24) is 0 Å². The van der Waals surface area contributed by atoms with Crippen molar-refractivity contribution in [3.05, 3.63) is 23.8 Å². The minimum absolute atomic E-state index is 0.0657. The second kappa shape index (κ2) is 6.08. The lowest BCUT2D eigenvalue weighted by Gasteiger charge is -2.38. The molecular weight excluding hydrogens is 264 g/mol. The number of rotatable bonds is 4. The first kappa shape index (κ1) is 15.9. The van der Waals surface area contributed by atoms with Crippen molar-refractivity contribution in [2.45, 2.75) is 45.4 Å². The van der Waals surface area contributed by atoms with Gasteiger partial charge in [-0.3, -0.25) is 4.79 Å². The quantitative estimate of drug-likeness (QED) is 0.841. The zero-order valence-corrected chi connectivity index (χ0v) is 13.7. The molecule has 1 saturated carbocycles. The largest absolute Gasteiger partial charge is 0.497 e. The van der Waals surface area contributed by atoms with Crippen molar-refractivity contribution >= 4 is 5.78 Å². The summed E-state index contributed by atoms with van der Waals surface area (Å²) < 4.78 is 10.8. The summed E-state index contributed by atoms with van der Waals surface area (Å²) in [5, 5.41) is 0. The maximum atomic E-state index is 12.5. The Kier molecular flexibility index (Phi) is 4.60. The van der Waals surface area contributed by atoms with Gasteiger partial charge in [0.25, 0.3) is 0 Å². The third-order valence-electron chi connectivity index (χ3n) is 4.86. The number of ether oxygens (including phenoxy) is 2. The fourth-order valence-corrected chi connectivity index (χ4v) is 3.48. The molecule has 2 atom stereocenters. The van der Waals surface area contributed by atoms with E-state index < -0.39 is 0 Å². The number of ketones is 1. The molecule has 1 fully saturated rings. The first-order chi connectivity index (χ1) is 9.90. The van der Waals surface area contributed by atoms with E-state index in [4.69, 9.17) is 9.47 Å². The Morgan fingerprint density at radius 3 is 2.43 bits per heavy atom.